The highest BCUT2D eigenvalue weighted by Crippen LogP contribution is 2.13. The number of ether oxygens (including phenoxy) is 2. The lowest BCUT2D eigenvalue weighted by Crippen LogP contribution is -2.38. The molecular weight excluding hydrogens is 415 g/mol. The third-order valence-electron chi connectivity index (χ3n) is 2.64. The average molecular weight is 440 g/mol. The molecule has 0 aliphatic rings. The first-order chi connectivity index (χ1) is 10.3. The molecule has 2 N–H and O–H groups in total. The number of pyridine rings is 1. The summed E-state index contributed by atoms with van der Waals surface area (Å²) < 4.78 is 10.6. The Labute approximate surface area is 153 Å². The van der Waals surface area contributed by atoms with Crippen LogP contribution in [0.2, 0.25) is 0 Å². The van der Waals surface area contributed by atoms with Crippen LogP contribution in [-0.2, 0) is 11.3 Å². The molecule has 0 bridgehead atoms. The number of guanidine groups is 1. The maximum absolute atomic E-state index is 5.60. The maximum atomic E-state index is 5.60. The number of thioether (sulfide) groups is 1. The molecule has 1 rings (SSSR count). The Morgan fingerprint density at radius 1 is 1.36 bits per heavy atom. The van der Waals surface area contributed by atoms with E-state index in [-0.39, 0.29) is 24.0 Å². The minimum absolute atomic E-state index is 0. The van der Waals surface area contributed by atoms with Gasteiger partial charge in [0.05, 0.1) is 6.61 Å². The van der Waals surface area contributed by atoms with E-state index < -0.39 is 0 Å². The molecule has 0 aliphatic heterocycles. The van der Waals surface area contributed by atoms with Crippen molar-refractivity contribution >= 4 is 41.7 Å². The fourth-order valence-electron chi connectivity index (χ4n) is 1.58. The van der Waals surface area contributed by atoms with Crippen molar-refractivity contribution in [3.8, 4) is 5.88 Å². The normalized spacial score (nSPS) is 10.8. The summed E-state index contributed by atoms with van der Waals surface area (Å²) >= 11 is 1.80. The van der Waals surface area contributed by atoms with Crippen LogP contribution < -0.4 is 15.4 Å². The second kappa shape index (κ2) is 13.9. The van der Waals surface area contributed by atoms with Gasteiger partial charge in [-0.05, 0) is 12.3 Å². The number of nitrogens with zero attached hydrogens (tertiary/aromatic N) is 2. The smallest absolute Gasteiger partial charge is 0.218 e. The van der Waals surface area contributed by atoms with Gasteiger partial charge in [0.2, 0.25) is 5.88 Å². The van der Waals surface area contributed by atoms with E-state index in [9.17, 15) is 0 Å². The quantitative estimate of drug-likeness (QED) is 0.264. The zero-order valence-electron chi connectivity index (χ0n) is 13.3. The van der Waals surface area contributed by atoms with Gasteiger partial charge in [-0.3, -0.25) is 4.99 Å². The number of nitrogens with one attached hydrogen (secondary N) is 2. The van der Waals surface area contributed by atoms with Crippen molar-refractivity contribution in [2.45, 2.75) is 6.54 Å². The third kappa shape index (κ3) is 8.64. The van der Waals surface area contributed by atoms with E-state index >= 15 is 0 Å². The lowest BCUT2D eigenvalue weighted by atomic mass is 10.2. The Balaban J connectivity index is 0.00000441. The van der Waals surface area contributed by atoms with Gasteiger partial charge < -0.3 is 20.1 Å². The van der Waals surface area contributed by atoms with Crippen molar-refractivity contribution in [1.82, 2.24) is 15.6 Å². The van der Waals surface area contributed by atoms with Gasteiger partial charge in [-0.2, -0.15) is 11.8 Å². The van der Waals surface area contributed by atoms with E-state index in [0.717, 1.165) is 23.8 Å². The number of methoxy groups -OCH3 is 1. The van der Waals surface area contributed by atoms with E-state index in [0.29, 0.717) is 25.6 Å². The van der Waals surface area contributed by atoms with Gasteiger partial charge in [0.1, 0.15) is 6.61 Å². The van der Waals surface area contributed by atoms with Crippen molar-refractivity contribution in [2.24, 2.45) is 4.99 Å². The number of aliphatic imine (C=N–C) groups is 1. The van der Waals surface area contributed by atoms with E-state index in [1.54, 1.807) is 32.1 Å². The third-order valence-corrected chi connectivity index (χ3v) is 3.26. The minimum Gasteiger partial charge on any atom is -0.475 e. The molecule has 0 aromatic carbocycles. The minimum atomic E-state index is 0. The van der Waals surface area contributed by atoms with Gasteiger partial charge in [0, 0.05) is 44.8 Å². The first kappa shape index (κ1) is 21.3. The Morgan fingerprint density at radius 3 is 2.86 bits per heavy atom. The predicted octanol–water partition coefficient (Wildman–Crippen LogP) is 1.75. The monoisotopic (exact) mass is 440 g/mol. The van der Waals surface area contributed by atoms with Gasteiger partial charge >= 0.3 is 0 Å². The van der Waals surface area contributed by atoms with E-state index in [2.05, 4.69) is 26.9 Å². The molecule has 0 fully saturated rings. The van der Waals surface area contributed by atoms with Crippen LogP contribution in [0.15, 0.2) is 23.3 Å². The highest BCUT2D eigenvalue weighted by molar-refractivity contribution is 14.0. The zero-order chi connectivity index (χ0) is 15.3. The molecule has 8 heteroatoms. The molecule has 0 saturated heterocycles. The first-order valence-corrected chi connectivity index (χ1v) is 8.20. The summed E-state index contributed by atoms with van der Waals surface area (Å²) in [6, 6.07) is 3.88. The summed E-state index contributed by atoms with van der Waals surface area (Å²) in [5, 5.41) is 6.50. The van der Waals surface area contributed by atoms with E-state index in [1.165, 1.54) is 0 Å². The maximum Gasteiger partial charge on any atom is 0.218 e. The summed E-state index contributed by atoms with van der Waals surface area (Å²) in [7, 11) is 3.40. The topological polar surface area (TPSA) is 67.8 Å². The molecule has 1 aromatic rings. The van der Waals surface area contributed by atoms with Gasteiger partial charge in [-0.1, -0.05) is 6.07 Å². The predicted molar refractivity (Wildman–Crippen MR) is 104 cm³/mol. The first-order valence-electron chi connectivity index (χ1n) is 6.81. The molecule has 1 heterocycles. The molecule has 6 nitrogen and oxygen atoms in total. The summed E-state index contributed by atoms with van der Waals surface area (Å²) in [4.78, 5) is 8.43. The standard InChI is InChI=1S/C14H24N4O2S.HI/c1-15-14(17-7-10-21-3)18-11-12-5-4-6-16-13(12)20-9-8-19-2;/h4-6H,7-11H2,1-3H3,(H2,15,17,18);1H. The van der Waals surface area contributed by atoms with Crippen LogP contribution in [-0.4, -0.2) is 56.9 Å². The molecule has 0 atom stereocenters. The molecular formula is C14H25IN4O2S. The fourth-order valence-corrected chi connectivity index (χ4v) is 1.89. The zero-order valence-corrected chi connectivity index (χ0v) is 16.4. The van der Waals surface area contributed by atoms with E-state index in [4.69, 9.17) is 9.47 Å². The average Bonchev–Trinajstić information content (AvgIpc) is 2.52. The van der Waals surface area contributed by atoms with Gasteiger partial charge in [-0.15, -0.1) is 24.0 Å². The highest BCUT2D eigenvalue weighted by atomic mass is 127. The van der Waals surface area contributed by atoms with Crippen molar-refractivity contribution < 1.29 is 9.47 Å². The molecule has 0 radical (unpaired) electrons. The SMILES string of the molecule is CN=C(NCCSC)NCc1cccnc1OCCOC.I. The molecule has 126 valence electrons. The van der Waals surface area contributed by atoms with Crippen LogP contribution >= 0.6 is 35.7 Å². The number of halogens is 1. The Hall–Kier alpha value is -0.740. The van der Waals surface area contributed by atoms with Crippen LogP contribution in [0.4, 0.5) is 0 Å². The van der Waals surface area contributed by atoms with Gasteiger partial charge in [0.25, 0.3) is 0 Å². The molecule has 0 spiro atoms. The van der Waals surface area contributed by atoms with Crippen molar-refractivity contribution in [3.63, 3.8) is 0 Å². The van der Waals surface area contributed by atoms with Crippen LogP contribution in [0.1, 0.15) is 5.56 Å². The van der Waals surface area contributed by atoms with Crippen molar-refractivity contribution in [1.29, 1.82) is 0 Å². The molecule has 0 unspecified atom stereocenters. The lowest BCUT2D eigenvalue weighted by molar-refractivity contribution is 0.143. The largest absolute Gasteiger partial charge is 0.475 e. The van der Waals surface area contributed by atoms with E-state index in [1.807, 2.05) is 12.1 Å². The van der Waals surface area contributed by atoms with Crippen LogP contribution in [0.3, 0.4) is 0 Å². The second-order valence-electron chi connectivity index (χ2n) is 4.15. The van der Waals surface area contributed by atoms with Crippen LogP contribution in [0.25, 0.3) is 0 Å². The number of rotatable bonds is 9. The summed E-state index contributed by atoms with van der Waals surface area (Å²) in [5.74, 6) is 2.44. The number of aromatic nitrogens is 1. The van der Waals surface area contributed by atoms with Crippen molar-refractivity contribution in [3.05, 3.63) is 23.9 Å². The lowest BCUT2D eigenvalue weighted by Gasteiger charge is -2.13. The second-order valence-corrected chi connectivity index (χ2v) is 5.14. The summed E-state index contributed by atoms with van der Waals surface area (Å²) in [5.41, 5.74) is 0.987. The Morgan fingerprint density at radius 2 is 2.18 bits per heavy atom. The van der Waals surface area contributed by atoms with Crippen LogP contribution in [0.5, 0.6) is 5.88 Å². The summed E-state index contributed by atoms with van der Waals surface area (Å²) in [6.07, 6.45) is 3.80. The van der Waals surface area contributed by atoms with Crippen LogP contribution in [0, 0.1) is 0 Å². The summed E-state index contributed by atoms with van der Waals surface area (Å²) in [6.45, 7) is 2.52. The molecule has 0 saturated carbocycles. The molecule has 1 aromatic heterocycles. The Kier molecular flexibility index (Phi) is 13.4. The molecule has 22 heavy (non-hydrogen) atoms. The molecule has 0 amide bonds. The Bertz CT molecular complexity index is 435. The number of hydrogen-bond acceptors (Lipinski definition) is 5. The highest BCUT2D eigenvalue weighted by Gasteiger charge is 2.05. The number of hydrogen-bond donors (Lipinski definition) is 2. The van der Waals surface area contributed by atoms with Crippen molar-refractivity contribution in [2.75, 3.05) is 45.9 Å². The fraction of sp³-hybridized carbons (Fsp3) is 0.571. The van der Waals surface area contributed by atoms with Gasteiger partial charge in [0.15, 0.2) is 5.96 Å². The van der Waals surface area contributed by atoms with Gasteiger partial charge in [-0.25, -0.2) is 4.98 Å². The molecule has 0 aliphatic carbocycles.